The fourth-order valence-electron chi connectivity index (χ4n) is 2.78. The highest BCUT2D eigenvalue weighted by atomic mass is 16.5. The minimum atomic E-state index is -0.296. The van der Waals surface area contributed by atoms with Crippen LogP contribution in [0.15, 0.2) is 48.6 Å². The second kappa shape index (κ2) is 8.49. The average Bonchev–Trinajstić information content (AvgIpc) is 2.97. The van der Waals surface area contributed by atoms with Crippen LogP contribution in [0, 0.1) is 0 Å². The van der Waals surface area contributed by atoms with Crippen LogP contribution in [0.25, 0.3) is 10.8 Å². The van der Waals surface area contributed by atoms with Crippen LogP contribution < -0.4 is 9.47 Å². The number of benzene rings is 2. The van der Waals surface area contributed by atoms with Gasteiger partial charge in [-0.25, -0.2) is 0 Å². The van der Waals surface area contributed by atoms with Crippen molar-refractivity contribution >= 4 is 22.6 Å². The van der Waals surface area contributed by atoms with E-state index < -0.39 is 0 Å². The predicted molar refractivity (Wildman–Crippen MR) is 97.3 cm³/mol. The third kappa shape index (κ3) is 4.03. The lowest BCUT2D eigenvalue weighted by molar-refractivity contribution is -0.137. The summed E-state index contributed by atoms with van der Waals surface area (Å²) in [5, 5.41) is 1.99. The number of hydrogen-bond acceptors (Lipinski definition) is 5. The molecule has 2 aromatic carbocycles. The quantitative estimate of drug-likeness (QED) is 0.511. The third-order valence-electron chi connectivity index (χ3n) is 3.99. The molecule has 0 aliphatic carbocycles. The Balaban J connectivity index is 1.49. The molecule has 1 aliphatic heterocycles. The molecule has 0 atom stereocenters. The average molecular weight is 355 g/mol. The molecule has 0 aromatic heterocycles. The van der Waals surface area contributed by atoms with Gasteiger partial charge in [0.25, 0.3) is 11.8 Å². The Morgan fingerprint density at radius 3 is 2.04 bits per heavy atom. The molecule has 2 aromatic rings. The lowest BCUT2D eigenvalue weighted by Crippen LogP contribution is -2.33. The van der Waals surface area contributed by atoms with Gasteiger partial charge in [-0.05, 0) is 19.1 Å². The summed E-state index contributed by atoms with van der Waals surface area (Å²) in [6, 6.07) is 11.7. The van der Waals surface area contributed by atoms with Gasteiger partial charge in [0.2, 0.25) is 0 Å². The first-order valence-corrected chi connectivity index (χ1v) is 8.59. The molecule has 0 radical (unpaired) electrons. The first kappa shape index (κ1) is 17.9. The van der Waals surface area contributed by atoms with E-state index in [9.17, 15) is 9.59 Å². The van der Waals surface area contributed by atoms with E-state index >= 15 is 0 Å². The van der Waals surface area contributed by atoms with Crippen LogP contribution in [0.1, 0.15) is 6.92 Å². The molecule has 0 spiro atoms. The zero-order valence-electron chi connectivity index (χ0n) is 14.6. The minimum Gasteiger partial charge on any atom is -0.493 e. The first-order valence-electron chi connectivity index (χ1n) is 8.59. The van der Waals surface area contributed by atoms with Gasteiger partial charge in [0, 0.05) is 22.9 Å². The molecule has 0 bridgehead atoms. The number of hydrogen-bond donors (Lipinski definition) is 0. The number of nitrogens with zero attached hydrogens (tertiary/aromatic N) is 1. The second-order valence-electron chi connectivity index (χ2n) is 5.66. The summed E-state index contributed by atoms with van der Waals surface area (Å²) in [6.07, 6.45) is 2.53. The molecule has 0 unspecified atom stereocenters. The van der Waals surface area contributed by atoms with Crippen LogP contribution in [-0.2, 0) is 14.3 Å². The van der Waals surface area contributed by atoms with Crippen molar-refractivity contribution in [2.75, 3.05) is 33.0 Å². The number of ether oxygens (including phenoxy) is 3. The molecule has 2 amide bonds. The van der Waals surface area contributed by atoms with Gasteiger partial charge in [-0.15, -0.1) is 0 Å². The Hall–Kier alpha value is -2.86. The molecule has 1 heterocycles. The van der Waals surface area contributed by atoms with E-state index in [2.05, 4.69) is 0 Å². The second-order valence-corrected chi connectivity index (χ2v) is 5.66. The van der Waals surface area contributed by atoms with E-state index in [1.54, 1.807) is 0 Å². The highest BCUT2D eigenvalue weighted by Gasteiger charge is 2.22. The van der Waals surface area contributed by atoms with E-state index in [0.29, 0.717) is 19.8 Å². The fourth-order valence-corrected chi connectivity index (χ4v) is 2.78. The molecular formula is C20H21NO5. The highest BCUT2D eigenvalue weighted by Crippen LogP contribution is 2.32. The van der Waals surface area contributed by atoms with E-state index in [1.165, 1.54) is 12.2 Å². The number of amides is 2. The molecule has 0 N–H and O–H groups in total. The van der Waals surface area contributed by atoms with Crippen LogP contribution in [-0.4, -0.2) is 49.7 Å². The van der Waals surface area contributed by atoms with Crippen molar-refractivity contribution < 1.29 is 23.8 Å². The van der Waals surface area contributed by atoms with Gasteiger partial charge in [0.15, 0.2) is 0 Å². The van der Waals surface area contributed by atoms with E-state index in [-0.39, 0.29) is 25.0 Å². The Bertz CT molecular complexity index is 812. The van der Waals surface area contributed by atoms with Crippen LogP contribution in [0.4, 0.5) is 0 Å². The molecule has 0 fully saturated rings. The SMILES string of the molecule is CCOc1cccc2c(OCCOCCN3C(=O)C=CC3=O)cccc12. The van der Waals surface area contributed by atoms with Crippen molar-refractivity contribution in [2.45, 2.75) is 6.92 Å². The molecule has 0 saturated heterocycles. The van der Waals surface area contributed by atoms with Crippen LogP contribution in [0.3, 0.4) is 0 Å². The van der Waals surface area contributed by atoms with Crippen LogP contribution >= 0.6 is 0 Å². The summed E-state index contributed by atoms with van der Waals surface area (Å²) in [7, 11) is 0. The van der Waals surface area contributed by atoms with Gasteiger partial charge in [-0.3, -0.25) is 14.5 Å². The Morgan fingerprint density at radius 1 is 0.808 bits per heavy atom. The summed E-state index contributed by atoms with van der Waals surface area (Å²) < 4.78 is 16.9. The molecular weight excluding hydrogens is 334 g/mol. The number of fused-ring (bicyclic) bond motifs is 1. The predicted octanol–water partition coefficient (Wildman–Crippen LogP) is 2.56. The van der Waals surface area contributed by atoms with E-state index in [0.717, 1.165) is 27.2 Å². The van der Waals surface area contributed by atoms with Crippen molar-refractivity contribution in [2.24, 2.45) is 0 Å². The molecule has 1 aliphatic rings. The zero-order chi connectivity index (χ0) is 18.4. The normalized spacial score (nSPS) is 13.7. The summed E-state index contributed by atoms with van der Waals surface area (Å²) >= 11 is 0. The van der Waals surface area contributed by atoms with Gasteiger partial charge < -0.3 is 14.2 Å². The maximum absolute atomic E-state index is 11.4. The Kier molecular flexibility index (Phi) is 5.86. The summed E-state index contributed by atoms with van der Waals surface area (Å²) in [6.45, 7) is 3.83. The van der Waals surface area contributed by atoms with Crippen molar-refractivity contribution in [3.63, 3.8) is 0 Å². The minimum absolute atomic E-state index is 0.247. The number of carbonyl (C=O) groups excluding carboxylic acids is 2. The highest BCUT2D eigenvalue weighted by molar-refractivity contribution is 6.12. The molecule has 136 valence electrons. The Labute approximate surface area is 151 Å². The van der Waals surface area contributed by atoms with Crippen molar-refractivity contribution in [3.05, 3.63) is 48.6 Å². The zero-order valence-corrected chi connectivity index (χ0v) is 14.6. The molecule has 6 nitrogen and oxygen atoms in total. The smallest absolute Gasteiger partial charge is 0.253 e. The van der Waals surface area contributed by atoms with Crippen LogP contribution in [0.2, 0.25) is 0 Å². The van der Waals surface area contributed by atoms with Gasteiger partial charge in [-0.1, -0.05) is 24.3 Å². The summed E-state index contributed by atoms with van der Waals surface area (Å²) in [5.74, 6) is 1.01. The van der Waals surface area contributed by atoms with E-state index in [4.69, 9.17) is 14.2 Å². The molecule has 0 saturated carbocycles. The van der Waals surface area contributed by atoms with Crippen molar-refractivity contribution in [3.8, 4) is 11.5 Å². The number of imide groups is 1. The lowest BCUT2D eigenvalue weighted by atomic mass is 10.1. The van der Waals surface area contributed by atoms with Gasteiger partial charge in [0.05, 0.1) is 26.4 Å². The topological polar surface area (TPSA) is 65.1 Å². The van der Waals surface area contributed by atoms with E-state index in [1.807, 2.05) is 43.3 Å². The van der Waals surface area contributed by atoms with Gasteiger partial charge in [0.1, 0.15) is 18.1 Å². The third-order valence-corrected chi connectivity index (χ3v) is 3.99. The standard InChI is InChI=1S/C20H21NO5/c1-2-25-17-7-3-6-16-15(17)5-4-8-18(16)26-14-13-24-12-11-21-19(22)9-10-20(21)23/h3-10H,2,11-14H2,1H3. The summed E-state index contributed by atoms with van der Waals surface area (Å²) in [5.41, 5.74) is 0. The molecule has 3 rings (SSSR count). The number of carbonyl (C=O) groups is 2. The maximum atomic E-state index is 11.4. The largest absolute Gasteiger partial charge is 0.493 e. The monoisotopic (exact) mass is 355 g/mol. The fraction of sp³-hybridized carbons (Fsp3) is 0.300. The van der Waals surface area contributed by atoms with Gasteiger partial charge in [-0.2, -0.15) is 0 Å². The maximum Gasteiger partial charge on any atom is 0.253 e. The molecule has 6 heteroatoms. The van der Waals surface area contributed by atoms with Gasteiger partial charge >= 0.3 is 0 Å². The Morgan fingerprint density at radius 2 is 1.42 bits per heavy atom. The van der Waals surface area contributed by atoms with Crippen molar-refractivity contribution in [1.82, 2.24) is 4.90 Å². The lowest BCUT2D eigenvalue weighted by Gasteiger charge is -2.14. The van der Waals surface area contributed by atoms with Crippen LogP contribution in [0.5, 0.6) is 11.5 Å². The van der Waals surface area contributed by atoms with Crippen molar-refractivity contribution in [1.29, 1.82) is 0 Å². The first-order chi connectivity index (χ1) is 12.7. The number of rotatable bonds is 9. The molecule has 26 heavy (non-hydrogen) atoms. The summed E-state index contributed by atoms with van der Waals surface area (Å²) in [4.78, 5) is 24.0.